The second-order valence-electron chi connectivity index (χ2n) is 3.12. The van der Waals surface area contributed by atoms with Crippen LogP contribution in [0.2, 0.25) is 0 Å². The lowest BCUT2D eigenvalue weighted by atomic mass is 10.2. The van der Waals surface area contributed by atoms with E-state index in [9.17, 15) is 14.7 Å². The average Bonchev–Trinajstić information content (AvgIpc) is 2.17. The van der Waals surface area contributed by atoms with Gasteiger partial charge in [0.1, 0.15) is 0 Å². The number of carboxylic acids is 2. The van der Waals surface area contributed by atoms with Crippen LogP contribution in [0.25, 0.3) is 0 Å². The van der Waals surface area contributed by atoms with Gasteiger partial charge >= 0.3 is 5.97 Å². The second-order valence-corrected chi connectivity index (χ2v) is 3.12. The van der Waals surface area contributed by atoms with Crippen LogP contribution in [0.15, 0.2) is 0 Å². The summed E-state index contributed by atoms with van der Waals surface area (Å²) < 4.78 is 0. The maximum absolute atomic E-state index is 9.61. The highest BCUT2D eigenvalue weighted by Gasteiger charge is 1.93. The molecule has 0 aromatic carbocycles. The molecule has 3 N–H and O–H groups in total. The summed E-state index contributed by atoms with van der Waals surface area (Å²) in [5.41, 5.74) is 5.27. The second kappa shape index (κ2) is 12.9. The molecule has 0 heterocycles. The van der Waals surface area contributed by atoms with Gasteiger partial charge in [0, 0.05) is 5.97 Å². The van der Waals surface area contributed by atoms with Crippen molar-refractivity contribution in [2.45, 2.75) is 45.4 Å². The highest BCUT2D eigenvalue weighted by Crippen LogP contribution is 1.95. The fourth-order valence-corrected chi connectivity index (χ4v) is 0.780. The Bertz CT molecular complexity index is 153. The van der Waals surface area contributed by atoms with Gasteiger partial charge in [-0.25, -0.2) is 0 Å². The molecule has 0 bridgehead atoms. The molecule has 5 heteroatoms. The van der Waals surface area contributed by atoms with E-state index in [1.54, 1.807) is 0 Å². The van der Waals surface area contributed by atoms with Crippen molar-refractivity contribution in [2.75, 3.05) is 6.54 Å². The lowest BCUT2D eigenvalue weighted by Crippen LogP contribution is -2.22. The van der Waals surface area contributed by atoms with Gasteiger partial charge in [0.25, 0.3) is 0 Å². The molecule has 0 spiro atoms. The first-order valence-corrected chi connectivity index (χ1v) is 5.16. The number of hydrogen-bond donors (Lipinski definition) is 2. The minimum absolute atomic E-state index is 0.359. The first-order chi connectivity index (χ1) is 7.04. The first kappa shape index (κ1) is 16.3. The van der Waals surface area contributed by atoms with Gasteiger partial charge in [-0.2, -0.15) is 0 Å². The highest BCUT2D eigenvalue weighted by atomic mass is 16.4. The fraction of sp³-hybridized carbons (Fsp3) is 0.800. The number of carboxylic acid groups (broad SMARTS) is 2. The van der Waals surface area contributed by atoms with Crippen molar-refractivity contribution in [2.24, 2.45) is 5.73 Å². The van der Waals surface area contributed by atoms with E-state index in [-0.39, 0.29) is 6.42 Å². The minimum Gasteiger partial charge on any atom is -0.550 e. The van der Waals surface area contributed by atoms with Gasteiger partial charge in [-0.05, 0) is 19.4 Å². The molecule has 15 heavy (non-hydrogen) atoms. The Morgan fingerprint density at radius 3 is 2.07 bits per heavy atom. The van der Waals surface area contributed by atoms with Gasteiger partial charge < -0.3 is 20.7 Å². The van der Waals surface area contributed by atoms with E-state index in [1.807, 2.05) is 0 Å². The van der Waals surface area contributed by atoms with Gasteiger partial charge in [0.2, 0.25) is 0 Å². The van der Waals surface area contributed by atoms with Crippen LogP contribution in [0.1, 0.15) is 45.4 Å². The van der Waals surface area contributed by atoms with Gasteiger partial charge in [-0.3, -0.25) is 4.79 Å². The van der Waals surface area contributed by atoms with E-state index >= 15 is 0 Å². The van der Waals surface area contributed by atoms with Gasteiger partial charge in [-0.1, -0.05) is 26.2 Å². The Labute approximate surface area is 90.3 Å². The normalized spacial score (nSPS) is 8.93. The molecule has 0 aliphatic heterocycles. The molecule has 5 nitrogen and oxygen atoms in total. The van der Waals surface area contributed by atoms with Crippen molar-refractivity contribution >= 4 is 11.9 Å². The first-order valence-electron chi connectivity index (χ1n) is 5.16. The molecule has 0 amide bonds. The SMILES string of the molecule is CCCCCCN.O=C([O-])CCC(=O)O. The van der Waals surface area contributed by atoms with Crippen molar-refractivity contribution < 1.29 is 19.8 Å². The fourth-order valence-electron chi connectivity index (χ4n) is 0.780. The Morgan fingerprint density at radius 2 is 1.80 bits per heavy atom. The summed E-state index contributed by atoms with van der Waals surface area (Å²) in [6.45, 7) is 3.07. The third-order valence-corrected chi connectivity index (χ3v) is 1.60. The van der Waals surface area contributed by atoms with E-state index in [0.29, 0.717) is 0 Å². The van der Waals surface area contributed by atoms with Crippen molar-refractivity contribution in [3.05, 3.63) is 0 Å². The Hall–Kier alpha value is -1.10. The van der Waals surface area contributed by atoms with Crippen molar-refractivity contribution in [1.82, 2.24) is 0 Å². The summed E-state index contributed by atoms with van der Waals surface area (Å²) in [4.78, 5) is 19.1. The molecular weight excluding hydrogens is 198 g/mol. The zero-order valence-electron chi connectivity index (χ0n) is 9.20. The molecule has 0 aliphatic rings. The summed E-state index contributed by atoms with van der Waals surface area (Å²) in [6.07, 6.45) is 4.40. The molecule has 0 saturated heterocycles. The van der Waals surface area contributed by atoms with Crippen molar-refractivity contribution in [1.29, 1.82) is 0 Å². The molecule has 0 atom stereocenters. The third kappa shape index (κ3) is 24.6. The molecule has 0 aliphatic carbocycles. The molecule has 90 valence electrons. The summed E-state index contributed by atoms with van der Waals surface area (Å²) >= 11 is 0. The lowest BCUT2D eigenvalue weighted by molar-refractivity contribution is -0.305. The quantitative estimate of drug-likeness (QED) is 0.591. The van der Waals surface area contributed by atoms with Crippen LogP contribution in [-0.4, -0.2) is 23.6 Å². The molecular formula is C10H20NO4-. The lowest BCUT2D eigenvalue weighted by Gasteiger charge is -1.94. The molecule has 0 fully saturated rings. The van der Waals surface area contributed by atoms with Crippen LogP contribution in [0.3, 0.4) is 0 Å². The van der Waals surface area contributed by atoms with Crippen LogP contribution < -0.4 is 10.8 Å². The van der Waals surface area contributed by atoms with Crippen LogP contribution in [0, 0.1) is 0 Å². The standard InChI is InChI=1S/C6H15N.C4H6O4/c1-2-3-4-5-6-7;5-3(6)1-2-4(7)8/h2-7H2,1H3;1-2H2,(H,5,6)(H,7,8)/p-1. The third-order valence-electron chi connectivity index (χ3n) is 1.60. The Balaban J connectivity index is 0. The van der Waals surface area contributed by atoms with Crippen molar-refractivity contribution in [3.8, 4) is 0 Å². The van der Waals surface area contributed by atoms with E-state index in [0.717, 1.165) is 6.54 Å². The van der Waals surface area contributed by atoms with E-state index < -0.39 is 18.4 Å². The number of unbranched alkanes of at least 4 members (excludes halogenated alkanes) is 3. The predicted molar refractivity (Wildman–Crippen MR) is 55.1 cm³/mol. The number of carbonyl (C=O) groups excluding carboxylic acids is 1. The maximum Gasteiger partial charge on any atom is 0.303 e. The average molecular weight is 218 g/mol. The minimum atomic E-state index is -1.33. The summed E-state index contributed by atoms with van der Waals surface area (Å²) in [6, 6.07) is 0. The molecule has 0 saturated carbocycles. The molecule has 0 aromatic rings. The molecule has 0 unspecified atom stereocenters. The Kier molecular flexibility index (Phi) is 14.0. The topological polar surface area (TPSA) is 103 Å². The number of nitrogens with two attached hydrogens (primary N) is 1. The van der Waals surface area contributed by atoms with Crippen LogP contribution in [-0.2, 0) is 9.59 Å². The predicted octanol–water partition coefficient (Wildman–Crippen LogP) is 0.127. The summed E-state index contributed by atoms with van der Waals surface area (Å²) in [5, 5.41) is 17.4. The summed E-state index contributed by atoms with van der Waals surface area (Å²) in [5.74, 6) is -2.44. The van der Waals surface area contributed by atoms with E-state index in [1.165, 1.54) is 25.7 Å². The monoisotopic (exact) mass is 218 g/mol. The van der Waals surface area contributed by atoms with Crippen molar-refractivity contribution in [3.63, 3.8) is 0 Å². The smallest absolute Gasteiger partial charge is 0.303 e. The highest BCUT2D eigenvalue weighted by molar-refractivity contribution is 5.74. The molecule has 0 radical (unpaired) electrons. The van der Waals surface area contributed by atoms with Crippen LogP contribution in [0.4, 0.5) is 0 Å². The maximum atomic E-state index is 9.61. The number of carbonyl (C=O) groups is 2. The van der Waals surface area contributed by atoms with Crippen LogP contribution >= 0.6 is 0 Å². The molecule has 0 aromatic heterocycles. The Morgan fingerprint density at radius 1 is 1.20 bits per heavy atom. The van der Waals surface area contributed by atoms with E-state index in [4.69, 9.17) is 10.8 Å². The number of rotatable bonds is 7. The van der Waals surface area contributed by atoms with E-state index in [2.05, 4.69) is 6.92 Å². The summed E-state index contributed by atoms with van der Waals surface area (Å²) in [7, 11) is 0. The number of aliphatic carboxylic acids is 2. The molecule has 0 rings (SSSR count). The van der Waals surface area contributed by atoms with Gasteiger partial charge in [-0.15, -0.1) is 0 Å². The largest absolute Gasteiger partial charge is 0.550 e. The van der Waals surface area contributed by atoms with Crippen LogP contribution in [0.5, 0.6) is 0 Å². The zero-order chi connectivity index (χ0) is 12.1. The van der Waals surface area contributed by atoms with Gasteiger partial charge in [0.15, 0.2) is 0 Å². The zero-order valence-corrected chi connectivity index (χ0v) is 9.20. The number of hydrogen-bond acceptors (Lipinski definition) is 4. The van der Waals surface area contributed by atoms with Gasteiger partial charge in [0.05, 0.1) is 6.42 Å².